The second-order valence-corrected chi connectivity index (χ2v) is 7.50. The van der Waals surface area contributed by atoms with Gasteiger partial charge in [-0.2, -0.15) is 0 Å². The number of carbonyl (C=O) groups is 1. The molecule has 2 nitrogen and oxygen atoms in total. The van der Waals surface area contributed by atoms with Crippen molar-refractivity contribution in [1.82, 2.24) is 5.32 Å². The van der Waals surface area contributed by atoms with Crippen molar-refractivity contribution in [3.05, 3.63) is 34.9 Å². The average molecular weight is 328 g/mol. The van der Waals surface area contributed by atoms with Crippen molar-refractivity contribution in [3.63, 3.8) is 0 Å². The van der Waals surface area contributed by atoms with Gasteiger partial charge in [0.1, 0.15) is 0 Å². The van der Waals surface area contributed by atoms with Gasteiger partial charge in [-0.05, 0) is 35.4 Å². The maximum absolute atomic E-state index is 11.9. The molecule has 0 saturated carbocycles. The van der Waals surface area contributed by atoms with E-state index in [2.05, 4.69) is 33.0 Å². The minimum absolute atomic E-state index is 0.119. The van der Waals surface area contributed by atoms with Gasteiger partial charge in [0.2, 0.25) is 5.91 Å². The molecule has 0 spiro atoms. The van der Waals surface area contributed by atoms with Crippen LogP contribution in [0, 0.1) is 17.8 Å². The Balaban J connectivity index is 2.28. The number of hydrogen-bond donors (Lipinski definition) is 1. The molecule has 0 aromatic heterocycles. The van der Waals surface area contributed by atoms with E-state index in [9.17, 15) is 4.79 Å². The second-order valence-electron chi connectivity index (χ2n) is 6.08. The zero-order valence-electron chi connectivity index (χ0n) is 13.4. The zero-order chi connectivity index (χ0) is 15.8. The lowest BCUT2D eigenvalue weighted by Crippen LogP contribution is -2.34. The van der Waals surface area contributed by atoms with E-state index in [4.69, 9.17) is 11.6 Å². The molecule has 1 amide bonds. The topological polar surface area (TPSA) is 29.1 Å². The van der Waals surface area contributed by atoms with Crippen LogP contribution in [0.1, 0.15) is 33.3 Å². The van der Waals surface area contributed by atoms with Crippen LogP contribution in [0.5, 0.6) is 0 Å². The summed E-state index contributed by atoms with van der Waals surface area (Å²) < 4.78 is 0. The lowest BCUT2D eigenvalue weighted by Gasteiger charge is -2.25. The number of rotatable bonds is 8. The molecule has 1 N–H and O–H groups in total. The molecule has 4 heteroatoms. The lowest BCUT2D eigenvalue weighted by atomic mass is 9.85. The van der Waals surface area contributed by atoms with Crippen LogP contribution in [-0.2, 0) is 10.5 Å². The third-order valence-corrected chi connectivity index (χ3v) is 4.88. The molecule has 0 atom stereocenters. The molecule has 0 unspecified atom stereocenters. The molecule has 0 bridgehead atoms. The summed E-state index contributed by atoms with van der Waals surface area (Å²) in [6.45, 7) is 9.62. The Morgan fingerprint density at radius 2 is 1.90 bits per heavy atom. The van der Waals surface area contributed by atoms with Gasteiger partial charge in [-0.25, -0.2) is 0 Å². The Hall–Kier alpha value is -0.670. The van der Waals surface area contributed by atoms with Crippen LogP contribution < -0.4 is 5.32 Å². The van der Waals surface area contributed by atoms with E-state index < -0.39 is 0 Å². The molecular formula is C17H26ClNOS. The molecule has 0 fully saturated rings. The summed E-state index contributed by atoms with van der Waals surface area (Å²) in [6.07, 6.45) is 0. The molecule has 1 aromatic carbocycles. The highest BCUT2D eigenvalue weighted by Gasteiger charge is 2.18. The first-order valence-electron chi connectivity index (χ1n) is 7.49. The van der Waals surface area contributed by atoms with Crippen molar-refractivity contribution in [1.29, 1.82) is 0 Å². The first-order chi connectivity index (χ1) is 9.90. The molecule has 0 aliphatic carbocycles. The van der Waals surface area contributed by atoms with Gasteiger partial charge in [0.25, 0.3) is 0 Å². The predicted octanol–water partition coefficient (Wildman–Crippen LogP) is 4.62. The van der Waals surface area contributed by atoms with Crippen LogP contribution >= 0.6 is 23.4 Å². The highest BCUT2D eigenvalue weighted by molar-refractivity contribution is 7.99. The molecule has 0 heterocycles. The maximum Gasteiger partial charge on any atom is 0.230 e. The third-order valence-electron chi connectivity index (χ3n) is 3.64. The van der Waals surface area contributed by atoms with Crippen molar-refractivity contribution in [2.75, 3.05) is 12.3 Å². The molecular weight excluding hydrogens is 302 g/mol. The molecule has 0 aliphatic rings. The van der Waals surface area contributed by atoms with Crippen molar-refractivity contribution >= 4 is 29.3 Å². The lowest BCUT2D eigenvalue weighted by molar-refractivity contribution is -0.118. The van der Waals surface area contributed by atoms with Crippen LogP contribution in [0.15, 0.2) is 24.3 Å². The fourth-order valence-electron chi connectivity index (χ4n) is 2.41. The van der Waals surface area contributed by atoms with Gasteiger partial charge in [-0.3, -0.25) is 4.79 Å². The summed E-state index contributed by atoms with van der Waals surface area (Å²) >= 11 is 7.56. The number of carbonyl (C=O) groups excluding carboxylic acids is 1. The number of halogens is 1. The Kier molecular flexibility index (Phi) is 8.20. The van der Waals surface area contributed by atoms with Crippen LogP contribution in [0.3, 0.4) is 0 Å². The van der Waals surface area contributed by atoms with E-state index in [-0.39, 0.29) is 5.91 Å². The number of hydrogen-bond acceptors (Lipinski definition) is 2. The van der Waals surface area contributed by atoms with Crippen molar-refractivity contribution in [2.24, 2.45) is 17.8 Å². The molecule has 0 aliphatic heterocycles. The van der Waals surface area contributed by atoms with E-state index in [1.165, 1.54) is 0 Å². The Morgan fingerprint density at radius 1 is 1.24 bits per heavy atom. The minimum Gasteiger partial charge on any atom is -0.355 e. The predicted molar refractivity (Wildman–Crippen MR) is 93.8 cm³/mol. The Bertz CT molecular complexity index is 440. The largest absolute Gasteiger partial charge is 0.355 e. The normalized spacial score (nSPS) is 11.4. The van der Waals surface area contributed by atoms with Crippen LogP contribution in [0.2, 0.25) is 5.02 Å². The first-order valence-corrected chi connectivity index (χ1v) is 9.02. The Morgan fingerprint density at radius 3 is 2.48 bits per heavy atom. The molecule has 1 rings (SSSR count). The van der Waals surface area contributed by atoms with Crippen molar-refractivity contribution in [2.45, 2.75) is 33.4 Å². The first kappa shape index (κ1) is 18.4. The smallest absolute Gasteiger partial charge is 0.230 e. The SMILES string of the molecule is CC(C)C(CNC(=O)CSCc1cccc(Cl)c1)C(C)C. The van der Waals surface area contributed by atoms with E-state index in [0.29, 0.717) is 23.5 Å². The van der Waals surface area contributed by atoms with Crippen LogP contribution in [-0.4, -0.2) is 18.2 Å². The summed E-state index contributed by atoms with van der Waals surface area (Å²) in [6, 6.07) is 7.78. The quantitative estimate of drug-likeness (QED) is 0.755. The van der Waals surface area contributed by atoms with Gasteiger partial charge < -0.3 is 5.32 Å². The molecule has 118 valence electrons. The number of amides is 1. The van der Waals surface area contributed by atoms with E-state index in [1.54, 1.807) is 11.8 Å². The minimum atomic E-state index is 0.119. The van der Waals surface area contributed by atoms with Crippen molar-refractivity contribution < 1.29 is 4.79 Å². The summed E-state index contributed by atoms with van der Waals surface area (Å²) in [5, 5.41) is 3.80. The maximum atomic E-state index is 11.9. The van der Waals surface area contributed by atoms with Gasteiger partial charge in [-0.15, -0.1) is 11.8 Å². The molecule has 1 aromatic rings. The average Bonchev–Trinajstić information content (AvgIpc) is 2.38. The standard InChI is InChI=1S/C17H26ClNOS/c1-12(2)16(13(3)4)9-19-17(20)11-21-10-14-6-5-7-15(18)8-14/h5-8,12-13,16H,9-11H2,1-4H3,(H,19,20). The van der Waals surface area contributed by atoms with Gasteiger partial charge in [0.15, 0.2) is 0 Å². The molecule has 0 radical (unpaired) electrons. The van der Waals surface area contributed by atoms with E-state index in [1.807, 2.05) is 24.3 Å². The number of thioether (sulfide) groups is 1. The summed E-state index contributed by atoms with van der Waals surface area (Å²) in [5.41, 5.74) is 1.16. The summed E-state index contributed by atoms with van der Waals surface area (Å²) in [7, 11) is 0. The fourth-order valence-corrected chi connectivity index (χ4v) is 3.43. The highest BCUT2D eigenvalue weighted by Crippen LogP contribution is 2.20. The van der Waals surface area contributed by atoms with Crippen molar-refractivity contribution in [3.8, 4) is 0 Å². The monoisotopic (exact) mass is 327 g/mol. The summed E-state index contributed by atoms with van der Waals surface area (Å²) in [5.74, 6) is 3.13. The fraction of sp³-hybridized carbons (Fsp3) is 0.588. The molecule has 21 heavy (non-hydrogen) atoms. The third kappa shape index (κ3) is 7.23. The number of nitrogens with one attached hydrogen (secondary N) is 1. The molecule has 0 saturated heterocycles. The van der Waals surface area contributed by atoms with Crippen LogP contribution in [0.4, 0.5) is 0 Å². The van der Waals surface area contributed by atoms with Crippen LogP contribution in [0.25, 0.3) is 0 Å². The second kappa shape index (κ2) is 9.37. The van der Waals surface area contributed by atoms with Gasteiger partial charge >= 0.3 is 0 Å². The van der Waals surface area contributed by atoms with E-state index >= 15 is 0 Å². The highest BCUT2D eigenvalue weighted by atomic mass is 35.5. The summed E-state index contributed by atoms with van der Waals surface area (Å²) in [4.78, 5) is 11.9. The van der Waals surface area contributed by atoms with Gasteiger partial charge in [0, 0.05) is 17.3 Å². The zero-order valence-corrected chi connectivity index (χ0v) is 14.9. The van der Waals surface area contributed by atoms with Gasteiger partial charge in [0.05, 0.1) is 5.75 Å². The van der Waals surface area contributed by atoms with Gasteiger partial charge in [-0.1, -0.05) is 51.4 Å². The number of benzene rings is 1. The Labute approximate surface area is 138 Å². The van der Waals surface area contributed by atoms with E-state index in [0.717, 1.165) is 22.9 Å².